The van der Waals surface area contributed by atoms with Gasteiger partial charge in [0, 0.05) is 17.3 Å². The van der Waals surface area contributed by atoms with Crippen LogP contribution in [0.1, 0.15) is 18.4 Å². The van der Waals surface area contributed by atoms with Crippen molar-refractivity contribution in [3.8, 4) is 0 Å². The predicted molar refractivity (Wildman–Crippen MR) is 112 cm³/mol. The lowest BCUT2D eigenvalue weighted by Gasteiger charge is -2.36. The first-order valence-electron chi connectivity index (χ1n) is 9.97. The summed E-state index contributed by atoms with van der Waals surface area (Å²) in [4.78, 5) is 44.1. The third-order valence-electron chi connectivity index (χ3n) is 7.07. The SMILES string of the molecule is O=C1[C@H]2[C@H]3CCCN3[C@]3(C(=O)Nc4ccccc43)[C@H]2C(=O)N1c1cccc(Cl)c1Cl. The molecule has 1 N–H and O–H groups in total. The monoisotopic (exact) mass is 441 g/mol. The third-order valence-corrected chi connectivity index (χ3v) is 7.88. The van der Waals surface area contributed by atoms with E-state index in [0.29, 0.717) is 12.2 Å². The number of rotatable bonds is 1. The number of carbonyl (C=O) groups is 3. The number of hydrogen-bond acceptors (Lipinski definition) is 4. The highest BCUT2D eigenvalue weighted by molar-refractivity contribution is 6.45. The zero-order chi connectivity index (χ0) is 20.8. The van der Waals surface area contributed by atoms with Gasteiger partial charge in [0.15, 0.2) is 0 Å². The Morgan fingerprint density at radius 2 is 1.80 bits per heavy atom. The lowest BCUT2D eigenvalue weighted by Crippen LogP contribution is -2.54. The molecular weight excluding hydrogens is 425 g/mol. The minimum Gasteiger partial charge on any atom is -0.324 e. The standard InChI is InChI=1S/C22H17Cl2N3O3/c23-12-6-3-8-15(18(12)24)27-19(28)16-14-9-4-10-26(14)22(17(16)20(27)29)11-5-1-2-7-13(11)25-21(22)30/h1-3,5-8,14,16-17H,4,9-10H2,(H,25,30)/t14-,16+,17-,22+/m1/s1. The molecule has 3 saturated heterocycles. The maximum absolute atomic E-state index is 13.8. The Balaban J connectivity index is 1.57. The van der Waals surface area contributed by atoms with E-state index in [-0.39, 0.29) is 33.6 Å². The van der Waals surface area contributed by atoms with Crippen LogP contribution < -0.4 is 10.2 Å². The summed E-state index contributed by atoms with van der Waals surface area (Å²) in [6.07, 6.45) is 1.65. The molecule has 152 valence electrons. The number of benzene rings is 2. The molecule has 0 unspecified atom stereocenters. The van der Waals surface area contributed by atoms with Crippen LogP contribution in [-0.4, -0.2) is 35.2 Å². The van der Waals surface area contributed by atoms with Crippen LogP contribution in [0.5, 0.6) is 0 Å². The number of imide groups is 1. The zero-order valence-electron chi connectivity index (χ0n) is 15.8. The van der Waals surface area contributed by atoms with Gasteiger partial charge >= 0.3 is 0 Å². The molecule has 3 fully saturated rings. The molecule has 4 aliphatic heterocycles. The Hall–Kier alpha value is -2.41. The second-order valence-electron chi connectivity index (χ2n) is 8.26. The molecular formula is C22H17Cl2N3O3. The van der Waals surface area contributed by atoms with E-state index >= 15 is 0 Å². The minimum absolute atomic E-state index is 0.161. The van der Waals surface area contributed by atoms with E-state index < -0.39 is 23.3 Å². The van der Waals surface area contributed by atoms with Crippen molar-refractivity contribution in [1.29, 1.82) is 0 Å². The van der Waals surface area contributed by atoms with Crippen molar-refractivity contribution < 1.29 is 14.4 Å². The van der Waals surface area contributed by atoms with Crippen molar-refractivity contribution in [3.63, 3.8) is 0 Å². The first-order valence-corrected chi connectivity index (χ1v) is 10.7. The van der Waals surface area contributed by atoms with Gasteiger partial charge in [-0.3, -0.25) is 19.3 Å². The summed E-state index contributed by atoms with van der Waals surface area (Å²) in [5, 5.41) is 3.39. The number of hydrogen-bond donors (Lipinski definition) is 1. The molecule has 3 amide bonds. The van der Waals surface area contributed by atoms with Crippen LogP contribution in [0, 0.1) is 11.8 Å². The summed E-state index contributed by atoms with van der Waals surface area (Å²) in [5.74, 6) is -2.32. The average molecular weight is 442 g/mol. The van der Waals surface area contributed by atoms with Gasteiger partial charge in [-0.05, 0) is 37.6 Å². The summed E-state index contributed by atoms with van der Waals surface area (Å²) in [5.41, 5.74) is 0.581. The number of nitrogens with one attached hydrogen (secondary N) is 1. The fraction of sp³-hybridized carbons (Fsp3) is 0.318. The number of carbonyl (C=O) groups excluding carboxylic acids is 3. The van der Waals surface area contributed by atoms with Crippen LogP contribution in [-0.2, 0) is 19.9 Å². The highest BCUT2D eigenvalue weighted by Gasteiger charge is 2.74. The maximum atomic E-state index is 13.8. The molecule has 6 rings (SSSR count). The van der Waals surface area contributed by atoms with Crippen molar-refractivity contribution in [2.24, 2.45) is 11.8 Å². The van der Waals surface area contributed by atoms with E-state index in [9.17, 15) is 14.4 Å². The van der Waals surface area contributed by atoms with Gasteiger partial charge in [-0.2, -0.15) is 0 Å². The van der Waals surface area contributed by atoms with Crippen LogP contribution >= 0.6 is 23.2 Å². The smallest absolute Gasteiger partial charge is 0.250 e. The molecule has 2 aromatic rings. The minimum atomic E-state index is -1.17. The summed E-state index contributed by atoms with van der Waals surface area (Å²) in [6, 6.07) is 12.2. The van der Waals surface area contributed by atoms with Gasteiger partial charge in [0.2, 0.25) is 17.7 Å². The van der Waals surface area contributed by atoms with Crippen molar-refractivity contribution in [2.75, 3.05) is 16.8 Å². The Morgan fingerprint density at radius 3 is 2.63 bits per heavy atom. The largest absolute Gasteiger partial charge is 0.324 e. The molecule has 0 saturated carbocycles. The van der Waals surface area contributed by atoms with E-state index in [1.54, 1.807) is 18.2 Å². The average Bonchev–Trinajstić information content (AvgIpc) is 3.43. The number of nitrogens with zero attached hydrogens (tertiary/aromatic N) is 2. The van der Waals surface area contributed by atoms with Crippen LogP contribution in [0.15, 0.2) is 42.5 Å². The molecule has 4 atom stereocenters. The molecule has 4 aliphatic rings. The van der Waals surface area contributed by atoms with Gasteiger partial charge in [-0.25, -0.2) is 4.90 Å². The fourth-order valence-corrected chi connectivity index (χ4v) is 6.44. The molecule has 8 heteroatoms. The molecule has 2 aromatic carbocycles. The highest BCUT2D eigenvalue weighted by atomic mass is 35.5. The second kappa shape index (κ2) is 6.06. The van der Waals surface area contributed by atoms with Crippen molar-refractivity contribution in [3.05, 3.63) is 58.1 Å². The van der Waals surface area contributed by atoms with Gasteiger partial charge in [0.1, 0.15) is 5.54 Å². The van der Waals surface area contributed by atoms with Gasteiger partial charge < -0.3 is 5.32 Å². The van der Waals surface area contributed by atoms with Crippen molar-refractivity contribution >= 4 is 52.3 Å². The summed E-state index contributed by atoms with van der Waals surface area (Å²) < 4.78 is 0. The first kappa shape index (κ1) is 18.4. The first-order chi connectivity index (χ1) is 14.5. The molecule has 0 radical (unpaired) electrons. The maximum Gasteiger partial charge on any atom is 0.250 e. The Kier molecular flexibility index (Phi) is 3.71. The highest BCUT2D eigenvalue weighted by Crippen LogP contribution is 2.60. The lowest BCUT2D eigenvalue weighted by molar-refractivity contribution is -0.135. The lowest BCUT2D eigenvalue weighted by atomic mass is 9.75. The molecule has 0 aromatic heterocycles. The number of fused-ring (bicyclic) bond motifs is 7. The van der Waals surface area contributed by atoms with Crippen LogP contribution in [0.4, 0.5) is 11.4 Å². The van der Waals surface area contributed by atoms with E-state index in [1.165, 1.54) is 0 Å². The van der Waals surface area contributed by atoms with E-state index in [2.05, 4.69) is 10.2 Å². The molecule has 6 nitrogen and oxygen atoms in total. The van der Waals surface area contributed by atoms with E-state index in [1.807, 2.05) is 24.3 Å². The van der Waals surface area contributed by atoms with Crippen molar-refractivity contribution in [1.82, 2.24) is 4.90 Å². The van der Waals surface area contributed by atoms with E-state index in [4.69, 9.17) is 23.2 Å². The van der Waals surface area contributed by atoms with Gasteiger partial charge in [0.05, 0.1) is 27.6 Å². The number of anilines is 2. The predicted octanol–water partition coefficient (Wildman–Crippen LogP) is 3.42. The van der Waals surface area contributed by atoms with Crippen LogP contribution in [0.25, 0.3) is 0 Å². The Morgan fingerprint density at radius 1 is 1.00 bits per heavy atom. The molecule has 1 spiro atoms. The number of halogens is 2. The summed E-state index contributed by atoms with van der Waals surface area (Å²) in [6.45, 7) is 0.678. The summed E-state index contributed by atoms with van der Waals surface area (Å²) >= 11 is 12.5. The van der Waals surface area contributed by atoms with Gasteiger partial charge in [0.25, 0.3) is 0 Å². The molecule has 0 bridgehead atoms. The molecule has 0 aliphatic carbocycles. The van der Waals surface area contributed by atoms with Gasteiger partial charge in [-0.1, -0.05) is 47.5 Å². The van der Waals surface area contributed by atoms with Crippen LogP contribution in [0.3, 0.4) is 0 Å². The quantitative estimate of drug-likeness (QED) is 0.688. The van der Waals surface area contributed by atoms with Crippen LogP contribution in [0.2, 0.25) is 10.0 Å². The number of para-hydroxylation sites is 1. The summed E-state index contributed by atoms with van der Waals surface area (Å²) in [7, 11) is 0. The Bertz CT molecular complexity index is 1150. The van der Waals surface area contributed by atoms with Crippen molar-refractivity contribution in [2.45, 2.75) is 24.4 Å². The molecule has 30 heavy (non-hydrogen) atoms. The zero-order valence-corrected chi connectivity index (χ0v) is 17.3. The third kappa shape index (κ3) is 1.97. The Labute approximate surface area is 182 Å². The second-order valence-corrected chi connectivity index (χ2v) is 9.04. The van der Waals surface area contributed by atoms with Gasteiger partial charge in [-0.15, -0.1) is 0 Å². The number of amides is 3. The normalized spacial score (nSPS) is 32.0. The molecule has 4 heterocycles. The fourth-order valence-electron chi connectivity index (χ4n) is 6.06. The van der Waals surface area contributed by atoms with E-state index in [0.717, 1.165) is 23.3 Å². The topological polar surface area (TPSA) is 69.7 Å².